The molecule has 116 valence electrons. The molecule has 1 aliphatic rings. The van der Waals surface area contributed by atoms with Crippen LogP contribution in [-0.2, 0) is 4.79 Å². The van der Waals surface area contributed by atoms with Gasteiger partial charge in [-0.1, -0.05) is 20.8 Å². The van der Waals surface area contributed by atoms with Crippen molar-refractivity contribution in [3.63, 3.8) is 0 Å². The van der Waals surface area contributed by atoms with E-state index in [2.05, 4.69) is 0 Å². The second kappa shape index (κ2) is 6.10. The summed E-state index contributed by atoms with van der Waals surface area (Å²) in [6.07, 6.45) is 1.55. The van der Waals surface area contributed by atoms with Gasteiger partial charge in [-0.15, -0.1) is 0 Å². The first-order valence-corrected chi connectivity index (χ1v) is 7.01. The highest BCUT2D eigenvalue weighted by Gasteiger charge is 2.25. The highest BCUT2D eigenvalue weighted by Crippen LogP contribution is 2.41. The van der Waals surface area contributed by atoms with Crippen molar-refractivity contribution in [1.82, 2.24) is 0 Å². The molecule has 0 saturated heterocycles. The molecule has 0 aromatic heterocycles. The highest BCUT2D eigenvalue weighted by molar-refractivity contribution is 6.06. The van der Waals surface area contributed by atoms with Crippen molar-refractivity contribution < 1.29 is 19.0 Å². The third kappa shape index (κ3) is 3.22. The minimum atomic E-state index is -0.612. The van der Waals surface area contributed by atoms with E-state index >= 15 is 0 Å². The molecule has 5 heteroatoms. The molecule has 0 atom stereocenters. The summed E-state index contributed by atoms with van der Waals surface area (Å²) in [5.74, 6) is 1.41. The van der Waals surface area contributed by atoms with Gasteiger partial charge in [0.1, 0.15) is 19.3 Å². The first kappa shape index (κ1) is 15.9. The molecule has 22 heavy (non-hydrogen) atoms. The van der Waals surface area contributed by atoms with Crippen LogP contribution in [-0.4, -0.2) is 26.1 Å². The van der Waals surface area contributed by atoms with Gasteiger partial charge in [-0.05, 0) is 23.8 Å². The summed E-state index contributed by atoms with van der Waals surface area (Å²) < 4.78 is 16.4. The number of ketones is 1. The van der Waals surface area contributed by atoms with E-state index < -0.39 is 5.41 Å². The van der Waals surface area contributed by atoms with Gasteiger partial charge < -0.3 is 14.2 Å². The molecule has 2 rings (SSSR count). The number of ether oxygens (including phenoxy) is 3. The first-order chi connectivity index (χ1) is 10.4. The zero-order valence-corrected chi connectivity index (χ0v) is 13.2. The van der Waals surface area contributed by atoms with Crippen molar-refractivity contribution in [1.29, 1.82) is 5.26 Å². The molecule has 0 bridgehead atoms. The predicted molar refractivity (Wildman–Crippen MR) is 82.0 cm³/mol. The fraction of sp³-hybridized carbons (Fsp3) is 0.412. The Morgan fingerprint density at radius 1 is 1.32 bits per heavy atom. The van der Waals surface area contributed by atoms with Crippen molar-refractivity contribution in [3.05, 3.63) is 23.3 Å². The molecule has 0 unspecified atom stereocenters. The molecule has 0 amide bonds. The largest absolute Gasteiger partial charge is 0.493 e. The predicted octanol–water partition coefficient (Wildman–Crippen LogP) is 2.99. The Hall–Kier alpha value is -2.48. The molecule has 0 spiro atoms. The second-order valence-corrected chi connectivity index (χ2v) is 6.00. The lowest BCUT2D eigenvalue weighted by atomic mass is 9.86. The van der Waals surface area contributed by atoms with Crippen LogP contribution in [0.4, 0.5) is 0 Å². The van der Waals surface area contributed by atoms with Crippen molar-refractivity contribution in [3.8, 4) is 23.3 Å². The lowest BCUT2D eigenvalue weighted by Gasteiger charge is -2.21. The lowest BCUT2D eigenvalue weighted by Crippen LogP contribution is -2.21. The van der Waals surface area contributed by atoms with Gasteiger partial charge in [0.25, 0.3) is 0 Å². The van der Waals surface area contributed by atoms with Gasteiger partial charge >= 0.3 is 0 Å². The zero-order chi connectivity index (χ0) is 16.3. The average Bonchev–Trinajstić information content (AvgIpc) is 2.50. The summed E-state index contributed by atoms with van der Waals surface area (Å²) in [6.45, 7) is 6.26. The number of fused-ring (bicyclic) bond motifs is 1. The van der Waals surface area contributed by atoms with Gasteiger partial charge in [0, 0.05) is 5.41 Å². The van der Waals surface area contributed by atoms with E-state index in [-0.39, 0.29) is 11.4 Å². The maximum atomic E-state index is 12.3. The molecule has 0 fully saturated rings. The van der Waals surface area contributed by atoms with Gasteiger partial charge in [-0.2, -0.15) is 5.26 Å². The molecule has 1 aromatic rings. The van der Waals surface area contributed by atoms with Gasteiger partial charge in [0.15, 0.2) is 17.3 Å². The number of hydrogen-bond acceptors (Lipinski definition) is 5. The Balaban J connectivity index is 2.46. The van der Waals surface area contributed by atoms with Crippen molar-refractivity contribution >= 4 is 11.9 Å². The Morgan fingerprint density at radius 2 is 2.00 bits per heavy atom. The molecular formula is C17H19NO4. The Labute approximate surface area is 130 Å². The van der Waals surface area contributed by atoms with E-state index in [0.29, 0.717) is 36.0 Å². The number of Topliss-reactive ketones (excluding diaryl/α,β-unsaturated/α-hetero) is 1. The summed E-state index contributed by atoms with van der Waals surface area (Å²) >= 11 is 0. The zero-order valence-electron chi connectivity index (χ0n) is 13.2. The molecule has 5 nitrogen and oxygen atoms in total. The normalized spacial score (nSPS) is 14.2. The monoisotopic (exact) mass is 301 g/mol. The number of allylic oxidation sites excluding steroid dienone is 1. The van der Waals surface area contributed by atoms with E-state index in [1.165, 1.54) is 7.11 Å². The van der Waals surface area contributed by atoms with Crippen LogP contribution >= 0.6 is 0 Å². The quantitative estimate of drug-likeness (QED) is 0.634. The maximum Gasteiger partial charge on any atom is 0.203 e. The smallest absolute Gasteiger partial charge is 0.203 e. The number of nitriles is 1. The highest BCUT2D eigenvalue weighted by atomic mass is 16.6. The topological polar surface area (TPSA) is 68.5 Å². The number of rotatable bonds is 3. The van der Waals surface area contributed by atoms with Crippen molar-refractivity contribution in [2.75, 3.05) is 20.3 Å². The van der Waals surface area contributed by atoms with Gasteiger partial charge in [0.2, 0.25) is 5.75 Å². The van der Waals surface area contributed by atoms with E-state index in [4.69, 9.17) is 14.2 Å². The van der Waals surface area contributed by atoms with Crippen LogP contribution in [0.1, 0.15) is 26.3 Å². The lowest BCUT2D eigenvalue weighted by molar-refractivity contribution is -0.121. The van der Waals surface area contributed by atoms with Gasteiger partial charge in [-0.3, -0.25) is 4.79 Å². The minimum Gasteiger partial charge on any atom is -0.493 e. The van der Waals surface area contributed by atoms with E-state index in [1.807, 2.05) is 6.07 Å². The number of nitrogens with zero attached hydrogens (tertiary/aromatic N) is 1. The summed E-state index contributed by atoms with van der Waals surface area (Å²) in [6, 6.07) is 5.44. The van der Waals surface area contributed by atoms with Gasteiger partial charge in [-0.25, -0.2) is 0 Å². The fourth-order valence-corrected chi connectivity index (χ4v) is 2.10. The molecule has 1 heterocycles. The second-order valence-electron chi connectivity index (χ2n) is 6.00. The summed E-state index contributed by atoms with van der Waals surface area (Å²) in [4.78, 5) is 12.3. The molecule has 0 saturated carbocycles. The van der Waals surface area contributed by atoms with Crippen molar-refractivity contribution in [2.24, 2.45) is 5.41 Å². The van der Waals surface area contributed by atoms with Crippen molar-refractivity contribution in [2.45, 2.75) is 20.8 Å². The third-order valence-electron chi connectivity index (χ3n) is 3.21. The summed E-state index contributed by atoms with van der Waals surface area (Å²) in [5, 5.41) is 9.26. The SMILES string of the molecule is COc1cc(/C=C(\C#N)C(=O)C(C)(C)C)cc2c1OCCO2. The number of benzene rings is 1. The number of carbonyl (C=O) groups excluding carboxylic acids is 1. The third-order valence-corrected chi connectivity index (χ3v) is 3.21. The number of methoxy groups -OCH3 is 1. The number of hydrogen-bond donors (Lipinski definition) is 0. The maximum absolute atomic E-state index is 12.3. The Morgan fingerprint density at radius 3 is 2.59 bits per heavy atom. The standard InChI is InChI=1S/C17H19NO4/c1-17(2,3)16(19)12(10-18)7-11-8-13(20-4)15-14(9-11)21-5-6-22-15/h7-9H,5-6H2,1-4H3/b12-7+. The molecule has 1 aliphatic heterocycles. The molecular weight excluding hydrogens is 282 g/mol. The minimum absolute atomic E-state index is 0.103. The van der Waals surface area contributed by atoms with Crippen LogP contribution in [0.2, 0.25) is 0 Å². The van der Waals surface area contributed by atoms with Crippen LogP contribution in [0, 0.1) is 16.7 Å². The first-order valence-electron chi connectivity index (χ1n) is 7.01. The molecule has 0 N–H and O–H groups in total. The summed E-state index contributed by atoms with van der Waals surface area (Å²) in [7, 11) is 1.53. The molecule has 0 aliphatic carbocycles. The number of carbonyl (C=O) groups is 1. The molecule has 1 aromatic carbocycles. The van der Waals surface area contributed by atoms with Crippen LogP contribution < -0.4 is 14.2 Å². The van der Waals surface area contributed by atoms with Crippen LogP contribution in [0.25, 0.3) is 6.08 Å². The Bertz CT molecular complexity index is 645. The van der Waals surface area contributed by atoms with Crippen LogP contribution in [0.5, 0.6) is 17.2 Å². The average molecular weight is 301 g/mol. The molecule has 0 radical (unpaired) electrons. The van der Waals surface area contributed by atoms with E-state index in [0.717, 1.165) is 0 Å². The Kier molecular flexibility index (Phi) is 4.41. The van der Waals surface area contributed by atoms with E-state index in [1.54, 1.807) is 39.0 Å². The fourth-order valence-electron chi connectivity index (χ4n) is 2.10. The summed E-state index contributed by atoms with van der Waals surface area (Å²) in [5.41, 5.74) is 0.154. The van der Waals surface area contributed by atoms with Crippen LogP contribution in [0.3, 0.4) is 0 Å². The van der Waals surface area contributed by atoms with E-state index in [9.17, 15) is 10.1 Å². The van der Waals surface area contributed by atoms with Gasteiger partial charge in [0.05, 0.1) is 12.7 Å². The van der Waals surface area contributed by atoms with Crippen LogP contribution in [0.15, 0.2) is 17.7 Å².